The Morgan fingerprint density at radius 3 is 1.61 bits per heavy atom. The van der Waals surface area contributed by atoms with Crippen molar-refractivity contribution < 1.29 is 4.42 Å². The van der Waals surface area contributed by atoms with E-state index in [1.54, 1.807) is 0 Å². The van der Waals surface area contributed by atoms with Crippen LogP contribution < -0.4 is 0 Å². The van der Waals surface area contributed by atoms with Gasteiger partial charge in [-0.2, -0.15) is 0 Å². The Morgan fingerprint density at radius 1 is 0.411 bits per heavy atom. The van der Waals surface area contributed by atoms with Crippen molar-refractivity contribution in [2.45, 2.75) is 0 Å². The summed E-state index contributed by atoms with van der Waals surface area (Å²) < 4.78 is 8.95. The predicted octanol–water partition coefficient (Wildman–Crippen LogP) is 13.2. The summed E-state index contributed by atoms with van der Waals surface area (Å²) in [6.07, 6.45) is 0. The van der Waals surface area contributed by atoms with Crippen LogP contribution in [0.4, 0.5) is 0 Å². The Balaban J connectivity index is 1.02. The maximum absolute atomic E-state index is 6.63. The number of para-hydroxylation sites is 3. The van der Waals surface area contributed by atoms with Crippen molar-refractivity contribution in [2.75, 3.05) is 0 Å². The first kappa shape index (κ1) is 31.9. The number of hydrogen-bond acceptors (Lipinski definition) is 4. The summed E-state index contributed by atoms with van der Waals surface area (Å²) in [4.78, 5) is 15.4. The largest absolute Gasteiger partial charge is 0.452 e. The highest BCUT2D eigenvalue weighted by molar-refractivity contribution is 6.24. The SMILES string of the molecule is c1ccc(-c2cc(-c3ccc(-c4ccc(-c5nc6c7ccccc7oc6c6c5c5ccccc5n6-c5ccccc5)cc4)cc3)nc(-c3ccccc3)n2)cc1. The van der Waals surface area contributed by atoms with Crippen LogP contribution in [0.3, 0.4) is 0 Å². The summed E-state index contributed by atoms with van der Waals surface area (Å²) in [5.41, 5.74) is 14.7. The van der Waals surface area contributed by atoms with Crippen molar-refractivity contribution in [3.8, 4) is 62.0 Å². The second-order valence-electron chi connectivity index (χ2n) is 14.0. The molecule has 7 aromatic carbocycles. The zero-order valence-electron chi connectivity index (χ0n) is 30.2. The van der Waals surface area contributed by atoms with E-state index < -0.39 is 0 Å². The fourth-order valence-electron chi connectivity index (χ4n) is 7.94. The van der Waals surface area contributed by atoms with E-state index in [2.05, 4.69) is 144 Å². The molecule has 0 fully saturated rings. The van der Waals surface area contributed by atoms with Gasteiger partial charge in [0.05, 0.1) is 22.6 Å². The molecule has 0 bridgehead atoms. The van der Waals surface area contributed by atoms with Gasteiger partial charge in [0.1, 0.15) is 16.6 Å². The second-order valence-corrected chi connectivity index (χ2v) is 14.0. The van der Waals surface area contributed by atoms with Gasteiger partial charge in [0.2, 0.25) is 0 Å². The summed E-state index contributed by atoms with van der Waals surface area (Å²) in [7, 11) is 0. The lowest BCUT2D eigenvalue weighted by molar-refractivity contribution is 0.670. The van der Waals surface area contributed by atoms with Gasteiger partial charge in [-0.25, -0.2) is 15.0 Å². The van der Waals surface area contributed by atoms with E-state index in [1.807, 2.05) is 54.6 Å². The smallest absolute Gasteiger partial charge is 0.178 e. The Morgan fingerprint density at radius 2 is 0.929 bits per heavy atom. The lowest BCUT2D eigenvalue weighted by atomic mass is 9.98. The molecule has 0 radical (unpaired) electrons. The van der Waals surface area contributed by atoms with Crippen LogP contribution >= 0.6 is 0 Å². The fraction of sp³-hybridized carbons (Fsp3) is 0. The minimum atomic E-state index is 0.706. The van der Waals surface area contributed by atoms with Crippen LogP contribution in [0.5, 0.6) is 0 Å². The van der Waals surface area contributed by atoms with Crippen LogP contribution in [0.2, 0.25) is 0 Å². The number of nitrogens with zero attached hydrogens (tertiary/aromatic N) is 4. The average molecular weight is 717 g/mol. The van der Waals surface area contributed by atoms with Crippen molar-refractivity contribution in [1.82, 2.24) is 19.5 Å². The third-order valence-electron chi connectivity index (χ3n) is 10.6. The minimum Gasteiger partial charge on any atom is -0.452 e. The first-order valence-corrected chi connectivity index (χ1v) is 18.8. The quantitative estimate of drug-likeness (QED) is 0.172. The maximum Gasteiger partial charge on any atom is 0.178 e. The van der Waals surface area contributed by atoms with E-state index in [0.29, 0.717) is 5.82 Å². The van der Waals surface area contributed by atoms with E-state index in [4.69, 9.17) is 19.4 Å². The monoisotopic (exact) mass is 716 g/mol. The molecule has 0 spiro atoms. The van der Waals surface area contributed by atoms with Crippen molar-refractivity contribution in [3.05, 3.63) is 194 Å². The highest BCUT2D eigenvalue weighted by Crippen LogP contribution is 2.44. The number of rotatable bonds is 6. The normalized spacial score (nSPS) is 11.6. The second kappa shape index (κ2) is 13.0. The molecule has 4 heterocycles. The van der Waals surface area contributed by atoms with Crippen molar-refractivity contribution in [3.63, 3.8) is 0 Å². The van der Waals surface area contributed by atoms with Crippen LogP contribution in [-0.2, 0) is 0 Å². The molecule has 0 saturated heterocycles. The molecule has 0 amide bonds. The third-order valence-corrected chi connectivity index (χ3v) is 10.6. The van der Waals surface area contributed by atoms with E-state index in [-0.39, 0.29) is 0 Å². The summed E-state index contributed by atoms with van der Waals surface area (Å²) >= 11 is 0. The molecular weight excluding hydrogens is 685 g/mol. The van der Waals surface area contributed by atoms with Crippen LogP contribution in [0.1, 0.15) is 0 Å². The molecule has 0 N–H and O–H groups in total. The number of fused-ring (bicyclic) bond motifs is 7. The molecule has 5 nitrogen and oxygen atoms in total. The Bertz CT molecular complexity index is 3150. The topological polar surface area (TPSA) is 56.7 Å². The van der Waals surface area contributed by atoms with E-state index >= 15 is 0 Å². The zero-order valence-corrected chi connectivity index (χ0v) is 30.2. The fourth-order valence-corrected chi connectivity index (χ4v) is 7.94. The molecule has 0 atom stereocenters. The summed E-state index contributed by atoms with van der Waals surface area (Å²) in [6, 6.07) is 67.2. The van der Waals surface area contributed by atoms with Gasteiger partial charge < -0.3 is 8.98 Å². The van der Waals surface area contributed by atoms with Crippen LogP contribution in [-0.4, -0.2) is 19.5 Å². The van der Waals surface area contributed by atoms with Crippen molar-refractivity contribution >= 4 is 43.9 Å². The standard InChI is InChI=1S/C51H32N4O/c1-4-14-35(15-5-1)42-32-43(53-51(52-42)38-16-6-2-7-17-38)36-28-24-33(25-29-36)34-26-30-37(31-27-34)47-46-40-20-10-12-22-44(40)55(39-18-8-3-9-19-39)49(46)50-48(54-47)41-21-11-13-23-45(41)56-50/h1-32H. The Hall–Kier alpha value is -7.63. The van der Waals surface area contributed by atoms with E-state index in [9.17, 15) is 0 Å². The Kier molecular flexibility index (Phi) is 7.42. The molecule has 0 saturated carbocycles. The predicted molar refractivity (Wildman–Crippen MR) is 229 cm³/mol. The summed E-state index contributed by atoms with van der Waals surface area (Å²) in [6.45, 7) is 0. The van der Waals surface area contributed by atoms with E-state index in [1.165, 1.54) is 0 Å². The molecule has 0 aliphatic carbocycles. The molecule has 0 unspecified atom stereocenters. The molecule has 5 heteroatoms. The number of hydrogen-bond donors (Lipinski definition) is 0. The van der Waals surface area contributed by atoms with Gasteiger partial charge in [-0.3, -0.25) is 0 Å². The number of benzene rings is 7. The van der Waals surface area contributed by atoms with Gasteiger partial charge in [-0.05, 0) is 47.5 Å². The first-order valence-electron chi connectivity index (χ1n) is 18.8. The van der Waals surface area contributed by atoms with Crippen molar-refractivity contribution in [2.24, 2.45) is 0 Å². The summed E-state index contributed by atoms with van der Waals surface area (Å²) in [5.74, 6) is 0.706. The molecule has 11 rings (SSSR count). The Labute approximate surface area is 322 Å². The van der Waals surface area contributed by atoms with Crippen LogP contribution in [0.15, 0.2) is 199 Å². The highest BCUT2D eigenvalue weighted by Gasteiger charge is 2.24. The third kappa shape index (κ3) is 5.29. The zero-order chi connectivity index (χ0) is 37.0. The average Bonchev–Trinajstić information content (AvgIpc) is 3.83. The summed E-state index contributed by atoms with van der Waals surface area (Å²) in [5, 5.41) is 3.21. The number of pyridine rings is 1. The molecule has 0 aliphatic rings. The molecule has 262 valence electrons. The lowest BCUT2D eigenvalue weighted by Gasteiger charge is -2.11. The first-order chi connectivity index (χ1) is 27.8. The van der Waals surface area contributed by atoms with Gasteiger partial charge in [-0.15, -0.1) is 0 Å². The van der Waals surface area contributed by atoms with Gasteiger partial charge in [0.25, 0.3) is 0 Å². The molecule has 11 aromatic rings. The van der Waals surface area contributed by atoms with Gasteiger partial charge in [0.15, 0.2) is 11.4 Å². The molecule has 4 aromatic heterocycles. The van der Waals surface area contributed by atoms with Gasteiger partial charge in [0, 0.05) is 44.1 Å². The number of furan rings is 1. The van der Waals surface area contributed by atoms with Crippen LogP contribution in [0, 0.1) is 0 Å². The van der Waals surface area contributed by atoms with Gasteiger partial charge in [-0.1, -0.05) is 158 Å². The highest BCUT2D eigenvalue weighted by atomic mass is 16.3. The van der Waals surface area contributed by atoms with Crippen molar-refractivity contribution in [1.29, 1.82) is 0 Å². The lowest BCUT2D eigenvalue weighted by Crippen LogP contribution is -1.95. The van der Waals surface area contributed by atoms with E-state index in [0.717, 1.165) is 100 Å². The molecule has 0 aliphatic heterocycles. The number of aromatic nitrogens is 4. The maximum atomic E-state index is 6.63. The molecular formula is C51H32N4O. The minimum absolute atomic E-state index is 0.706. The van der Waals surface area contributed by atoms with Crippen LogP contribution in [0.25, 0.3) is 106 Å². The molecule has 56 heavy (non-hydrogen) atoms. The van der Waals surface area contributed by atoms with Gasteiger partial charge >= 0.3 is 0 Å².